The number of para-hydroxylation sites is 2. The van der Waals surface area contributed by atoms with Crippen LogP contribution in [0.4, 0.5) is 13.2 Å². The number of rotatable bonds is 5. The Morgan fingerprint density at radius 1 is 1.06 bits per heavy atom. The number of H-pyrrole nitrogens is 1. The van der Waals surface area contributed by atoms with E-state index in [0.717, 1.165) is 5.52 Å². The average molecular weight is 531 g/mol. The summed E-state index contributed by atoms with van der Waals surface area (Å²) in [5, 5.41) is 0.295. The van der Waals surface area contributed by atoms with Crippen LogP contribution in [0.15, 0.2) is 41.7 Å². The number of hydrogen-bond donors (Lipinski definition) is 2. The Kier molecular flexibility index (Phi) is 11.5. The van der Waals surface area contributed by atoms with E-state index in [1.165, 1.54) is 12.3 Å². The molecule has 3 rings (SSSR count). The average Bonchev–Trinajstić information content (AvgIpc) is 3.17. The Morgan fingerprint density at radius 3 is 2.11 bits per heavy atom. The number of hydrogen-bond acceptors (Lipinski definition) is 6. The predicted molar refractivity (Wildman–Crippen MR) is 137 cm³/mol. The molecule has 36 heavy (non-hydrogen) atoms. The summed E-state index contributed by atoms with van der Waals surface area (Å²) in [7, 11) is 0.195. The van der Waals surface area contributed by atoms with Crippen LogP contribution < -0.4 is 10.5 Å². The minimum Gasteiger partial charge on any atom is -0.484 e. The molecule has 0 unspecified atom stereocenters. The van der Waals surface area contributed by atoms with Crippen LogP contribution in [0.3, 0.4) is 0 Å². The molecule has 0 radical (unpaired) electrons. The van der Waals surface area contributed by atoms with Crippen molar-refractivity contribution in [2.75, 3.05) is 13.7 Å². The quantitative estimate of drug-likeness (QED) is 0.439. The minimum atomic E-state index is -4.42. The first-order chi connectivity index (χ1) is 16.4. The number of methoxy groups -OCH3 is 1. The summed E-state index contributed by atoms with van der Waals surface area (Å²) in [6.45, 7) is 12.2. The molecule has 0 spiro atoms. The number of ether oxygens (including phenoxy) is 2. The fourth-order valence-electron chi connectivity index (χ4n) is 2.25. The Labute approximate surface area is 213 Å². The molecular formula is C25H37F3N4O3S. The molecule has 1 aromatic carbocycles. The van der Waals surface area contributed by atoms with E-state index in [4.69, 9.17) is 15.2 Å². The van der Waals surface area contributed by atoms with Gasteiger partial charge in [-0.1, -0.05) is 12.1 Å². The van der Waals surface area contributed by atoms with Crippen LogP contribution in [0, 0.1) is 6.92 Å². The fraction of sp³-hybridized carbons (Fsp3) is 0.520. The summed E-state index contributed by atoms with van der Waals surface area (Å²) < 4.78 is 59.2. The standard InChI is InChI=1S/C16H14F3N3O2S.C5H12O.C4H11N/c1-10-13(20-7-6-14(10)24-9-16(17,18)19)8-25(23)15-21-11-4-2-3-5-12(11)22-15;1-5(2,3)6-4;1-4(2,3)5/h2-7H,8-9H2,1H3,(H,21,22);1-4H3;5H2,1-3H3/t25-;;/m1../s1. The predicted octanol–water partition coefficient (Wildman–Crippen LogP) is 5.69. The zero-order valence-corrected chi connectivity index (χ0v) is 22.9. The highest BCUT2D eigenvalue weighted by Crippen LogP contribution is 2.24. The molecule has 0 aliphatic rings. The molecule has 1 atom stereocenters. The normalized spacial score (nSPS) is 12.8. The van der Waals surface area contributed by atoms with Gasteiger partial charge >= 0.3 is 6.18 Å². The molecule has 7 nitrogen and oxygen atoms in total. The summed E-state index contributed by atoms with van der Waals surface area (Å²) in [6, 6.07) is 8.62. The molecule has 0 fully saturated rings. The first-order valence-electron chi connectivity index (χ1n) is 11.2. The lowest BCUT2D eigenvalue weighted by Crippen LogP contribution is -2.26. The van der Waals surface area contributed by atoms with Crippen LogP contribution in [0.2, 0.25) is 0 Å². The number of nitrogens with one attached hydrogen (secondary N) is 1. The highest BCUT2D eigenvalue weighted by atomic mass is 32.2. The van der Waals surface area contributed by atoms with Crippen LogP contribution in [0.1, 0.15) is 52.8 Å². The Bertz CT molecular complexity index is 1080. The minimum absolute atomic E-state index is 0. The van der Waals surface area contributed by atoms with Crippen molar-refractivity contribution >= 4 is 21.8 Å². The SMILES string of the molecule is CC(C)(C)N.COC(C)(C)C.Cc1c(OCC(F)(F)F)ccnc1C[S@@](=O)c1nc2ccccc2[nH]1. The summed E-state index contributed by atoms with van der Waals surface area (Å²) in [5.41, 5.74) is 7.68. The van der Waals surface area contributed by atoms with Gasteiger partial charge in [-0.15, -0.1) is 0 Å². The molecule has 3 N–H and O–H groups in total. The molecule has 2 heterocycles. The van der Waals surface area contributed by atoms with E-state index in [2.05, 4.69) is 15.0 Å². The number of fused-ring (bicyclic) bond motifs is 1. The van der Waals surface area contributed by atoms with Crippen LogP contribution >= 0.6 is 0 Å². The first kappa shape index (κ1) is 31.5. The van der Waals surface area contributed by atoms with Gasteiger partial charge in [-0.25, -0.2) is 4.98 Å². The molecule has 0 amide bonds. The van der Waals surface area contributed by atoms with Crippen molar-refractivity contribution in [1.82, 2.24) is 15.0 Å². The smallest absolute Gasteiger partial charge is 0.422 e. The van der Waals surface area contributed by atoms with Gasteiger partial charge < -0.3 is 20.2 Å². The van der Waals surface area contributed by atoms with Crippen molar-refractivity contribution in [3.63, 3.8) is 0 Å². The number of nitrogens with zero attached hydrogens (tertiary/aromatic N) is 2. The second-order valence-electron chi connectivity index (χ2n) is 10.0. The summed E-state index contributed by atoms with van der Waals surface area (Å²) in [6.07, 6.45) is -3.09. The number of benzene rings is 1. The van der Waals surface area contributed by atoms with Crippen LogP contribution in [-0.2, 0) is 21.3 Å². The Morgan fingerprint density at radius 2 is 1.61 bits per heavy atom. The molecule has 0 aliphatic heterocycles. The van der Waals surface area contributed by atoms with Crippen LogP contribution in [-0.4, -0.2) is 50.2 Å². The van der Waals surface area contributed by atoms with Gasteiger partial charge in [0.05, 0.1) is 38.9 Å². The monoisotopic (exact) mass is 530 g/mol. The number of alkyl halides is 3. The van der Waals surface area contributed by atoms with Gasteiger partial charge in [0.2, 0.25) is 0 Å². The lowest BCUT2D eigenvalue weighted by Gasteiger charge is -2.14. The zero-order valence-electron chi connectivity index (χ0n) is 22.1. The van der Waals surface area contributed by atoms with Gasteiger partial charge in [0.15, 0.2) is 11.8 Å². The van der Waals surface area contributed by atoms with Gasteiger partial charge in [0.25, 0.3) is 0 Å². The molecule has 0 bridgehead atoms. The number of aromatic nitrogens is 3. The van der Waals surface area contributed by atoms with E-state index in [-0.39, 0.29) is 22.6 Å². The lowest BCUT2D eigenvalue weighted by molar-refractivity contribution is -0.153. The van der Waals surface area contributed by atoms with Crippen molar-refractivity contribution in [2.24, 2.45) is 5.73 Å². The maximum Gasteiger partial charge on any atom is 0.422 e. The maximum atomic E-state index is 12.5. The van der Waals surface area contributed by atoms with E-state index < -0.39 is 23.6 Å². The van der Waals surface area contributed by atoms with Crippen molar-refractivity contribution in [2.45, 2.75) is 76.7 Å². The third-order valence-electron chi connectivity index (χ3n) is 4.11. The topological polar surface area (TPSA) is 103 Å². The van der Waals surface area contributed by atoms with Crippen molar-refractivity contribution < 1.29 is 26.9 Å². The van der Waals surface area contributed by atoms with Gasteiger partial charge in [0, 0.05) is 24.4 Å². The fourth-order valence-corrected chi connectivity index (χ4v) is 3.35. The van der Waals surface area contributed by atoms with E-state index in [1.54, 1.807) is 20.1 Å². The third-order valence-corrected chi connectivity index (χ3v) is 5.27. The zero-order chi connectivity index (χ0) is 27.7. The number of halogens is 3. The molecule has 11 heteroatoms. The maximum absolute atomic E-state index is 12.5. The van der Waals surface area contributed by atoms with Gasteiger partial charge in [-0.05, 0) is 66.7 Å². The van der Waals surface area contributed by atoms with Crippen LogP contribution in [0.5, 0.6) is 5.75 Å². The largest absolute Gasteiger partial charge is 0.484 e. The molecule has 0 aliphatic carbocycles. The highest BCUT2D eigenvalue weighted by Gasteiger charge is 2.29. The molecular weight excluding hydrogens is 493 g/mol. The molecule has 2 aromatic heterocycles. The summed E-state index contributed by atoms with van der Waals surface area (Å²) >= 11 is 0. The van der Waals surface area contributed by atoms with Crippen LogP contribution in [0.25, 0.3) is 11.0 Å². The second kappa shape index (κ2) is 13.2. The Balaban J connectivity index is 0.000000495. The summed E-state index contributed by atoms with van der Waals surface area (Å²) in [4.78, 5) is 11.3. The van der Waals surface area contributed by atoms with Gasteiger partial charge in [-0.2, -0.15) is 13.2 Å². The third kappa shape index (κ3) is 13.0. The molecule has 202 valence electrons. The first-order valence-corrected chi connectivity index (χ1v) is 12.5. The van der Waals surface area contributed by atoms with Gasteiger partial charge in [0.1, 0.15) is 5.75 Å². The van der Waals surface area contributed by atoms with Gasteiger partial charge in [-0.3, -0.25) is 9.19 Å². The molecule has 0 saturated carbocycles. The number of nitrogens with two attached hydrogens (primary N) is 1. The number of pyridine rings is 1. The molecule has 0 saturated heterocycles. The van der Waals surface area contributed by atoms with E-state index in [0.29, 0.717) is 21.9 Å². The van der Waals surface area contributed by atoms with Crippen molar-refractivity contribution in [3.8, 4) is 5.75 Å². The van der Waals surface area contributed by atoms with Crippen molar-refractivity contribution in [1.29, 1.82) is 0 Å². The highest BCUT2D eigenvalue weighted by molar-refractivity contribution is 7.84. The van der Waals surface area contributed by atoms with Crippen molar-refractivity contribution in [3.05, 3.63) is 47.8 Å². The number of aromatic amines is 1. The summed E-state index contributed by atoms with van der Waals surface area (Å²) in [5.74, 6) is 0.0958. The molecule has 3 aromatic rings. The van der Waals surface area contributed by atoms with E-state index in [9.17, 15) is 17.4 Å². The second-order valence-corrected chi connectivity index (χ2v) is 11.4. The van der Waals surface area contributed by atoms with E-state index >= 15 is 0 Å². The Hall–Kier alpha value is -2.50. The number of imidazole rings is 1. The lowest BCUT2D eigenvalue weighted by atomic mass is 10.1. The van der Waals surface area contributed by atoms with E-state index in [1.807, 2.05) is 59.7 Å².